The van der Waals surface area contributed by atoms with Crippen molar-refractivity contribution in [1.29, 1.82) is 0 Å². The molecule has 0 spiro atoms. The molecule has 4 aromatic rings. The molecule has 2 aliphatic heterocycles. The minimum atomic E-state index is -0.308. The third-order valence-electron chi connectivity index (χ3n) is 7.49. The number of halogens is 1. The van der Waals surface area contributed by atoms with Gasteiger partial charge in [-0.15, -0.1) is 0 Å². The van der Waals surface area contributed by atoms with Crippen LogP contribution in [0, 0.1) is 19.7 Å². The Labute approximate surface area is 202 Å². The quantitative estimate of drug-likeness (QED) is 0.469. The number of nitrogens with two attached hydrogens (primary N) is 1. The Morgan fingerprint density at radius 3 is 2.83 bits per heavy atom. The van der Waals surface area contributed by atoms with E-state index in [1.165, 1.54) is 12.1 Å². The van der Waals surface area contributed by atoms with Gasteiger partial charge >= 0.3 is 0 Å². The van der Waals surface area contributed by atoms with Gasteiger partial charge in [0.1, 0.15) is 17.3 Å². The van der Waals surface area contributed by atoms with Gasteiger partial charge in [-0.25, -0.2) is 13.9 Å². The molecule has 2 aliphatic rings. The molecule has 6 rings (SSSR count). The second-order valence-electron chi connectivity index (χ2n) is 9.94. The third kappa shape index (κ3) is 3.74. The van der Waals surface area contributed by atoms with E-state index < -0.39 is 0 Å². The number of aromatic amines is 1. The highest BCUT2D eigenvalue weighted by molar-refractivity contribution is 6.01. The molecule has 3 aromatic heterocycles. The van der Waals surface area contributed by atoms with Crippen LogP contribution in [0.4, 0.5) is 10.2 Å². The highest BCUT2D eigenvalue weighted by atomic mass is 19.1. The molecule has 9 heteroatoms. The summed E-state index contributed by atoms with van der Waals surface area (Å²) >= 11 is 0. The van der Waals surface area contributed by atoms with Gasteiger partial charge < -0.3 is 20.5 Å². The molecular weight excluding hydrogens is 445 g/mol. The van der Waals surface area contributed by atoms with Crippen molar-refractivity contribution in [2.24, 2.45) is 5.73 Å². The molecule has 2 fully saturated rings. The monoisotopic (exact) mass is 475 g/mol. The number of likely N-dealkylation sites (tertiary alicyclic amines) is 1. The van der Waals surface area contributed by atoms with Crippen molar-refractivity contribution in [3.05, 3.63) is 58.8 Å². The smallest absolute Gasteiger partial charge is 0.271 e. The maximum Gasteiger partial charge on any atom is 0.271 e. The lowest BCUT2D eigenvalue weighted by molar-refractivity contribution is 0.0600. The van der Waals surface area contributed by atoms with E-state index in [1.807, 2.05) is 35.5 Å². The minimum Gasteiger partial charge on any atom is -0.355 e. The summed E-state index contributed by atoms with van der Waals surface area (Å²) in [5, 5.41) is 5.58. The number of carbonyl (C=O) groups is 1. The number of nitrogens with one attached hydrogen (secondary N) is 1. The van der Waals surface area contributed by atoms with Gasteiger partial charge in [0.2, 0.25) is 0 Å². The molecule has 0 radical (unpaired) electrons. The van der Waals surface area contributed by atoms with Crippen molar-refractivity contribution in [1.82, 2.24) is 24.5 Å². The third-order valence-corrected chi connectivity index (χ3v) is 7.49. The molecule has 1 amide bonds. The SMILES string of the molecule is Cc1cn2nc(C3CCCCN3C(=O)c3[nH]c4ccc(F)cc4c3C)cc2nc1N1CCC(N)C1. The van der Waals surface area contributed by atoms with Gasteiger partial charge in [0.05, 0.1) is 11.7 Å². The summed E-state index contributed by atoms with van der Waals surface area (Å²) in [6, 6.07) is 6.62. The first-order valence-electron chi connectivity index (χ1n) is 12.4. The molecule has 0 saturated carbocycles. The van der Waals surface area contributed by atoms with Crippen LogP contribution in [0.15, 0.2) is 30.5 Å². The largest absolute Gasteiger partial charge is 0.355 e. The van der Waals surface area contributed by atoms with E-state index in [9.17, 15) is 9.18 Å². The summed E-state index contributed by atoms with van der Waals surface area (Å²) in [6.45, 7) is 6.29. The first-order chi connectivity index (χ1) is 16.9. The van der Waals surface area contributed by atoms with E-state index in [4.69, 9.17) is 15.8 Å². The highest BCUT2D eigenvalue weighted by Crippen LogP contribution is 2.34. The minimum absolute atomic E-state index is 0.0725. The van der Waals surface area contributed by atoms with Crippen molar-refractivity contribution in [2.75, 3.05) is 24.5 Å². The highest BCUT2D eigenvalue weighted by Gasteiger charge is 2.33. The predicted octanol–water partition coefficient (Wildman–Crippen LogP) is 3.87. The molecule has 182 valence electrons. The van der Waals surface area contributed by atoms with E-state index in [1.54, 1.807) is 6.07 Å². The lowest BCUT2D eigenvalue weighted by atomic mass is 9.98. The van der Waals surface area contributed by atoms with E-state index >= 15 is 0 Å². The van der Waals surface area contributed by atoms with Crippen LogP contribution >= 0.6 is 0 Å². The van der Waals surface area contributed by atoms with Gasteiger partial charge in [0, 0.05) is 54.4 Å². The van der Waals surface area contributed by atoms with Crippen molar-refractivity contribution < 1.29 is 9.18 Å². The number of piperidine rings is 1. The number of aryl methyl sites for hydroxylation is 2. The van der Waals surface area contributed by atoms with E-state index in [-0.39, 0.29) is 23.8 Å². The lowest BCUT2D eigenvalue weighted by Gasteiger charge is -2.34. The zero-order chi connectivity index (χ0) is 24.3. The van der Waals surface area contributed by atoms with Gasteiger partial charge in [-0.1, -0.05) is 0 Å². The molecule has 0 bridgehead atoms. The average Bonchev–Trinajstić information content (AvgIpc) is 3.55. The van der Waals surface area contributed by atoms with Crippen LogP contribution in [0.5, 0.6) is 0 Å². The molecule has 0 aliphatic carbocycles. The predicted molar refractivity (Wildman–Crippen MR) is 133 cm³/mol. The Bertz CT molecular complexity index is 1440. The summed E-state index contributed by atoms with van der Waals surface area (Å²) in [4.78, 5) is 26.0. The standard InChI is InChI=1S/C26H30FN7O/c1-15-13-34-23(30-25(15)32-10-8-18(28)14-32)12-21(31-34)22-5-3-4-9-33(22)26(35)24-16(2)19-11-17(27)6-7-20(19)29-24/h6-7,11-13,18,22,29H,3-5,8-10,14,28H2,1-2H3. The second kappa shape index (κ2) is 8.34. The van der Waals surface area contributed by atoms with Gasteiger partial charge in [0.25, 0.3) is 5.91 Å². The number of H-pyrrole nitrogens is 1. The number of benzene rings is 1. The Kier molecular flexibility index (Phi) is 5.25. The topological polar surface area (TPSA) is 95.5 Å². The number of aromatic nitrogens is 4. The lowest BCUT2D eigenvalue weighted by Crippen LogP contribution is -2.39. The van der Waals surface area contributed by atoms with Crippen molar-refractivity contribution in [3.63, 3.8) is 0 Å². The van der Waals surface area contributed by atoms with Gasteiger partial charge in [0.15, 0.2) is 5.65 Å². The van der Waals surface area contributed by atoms with Crippen LogP contribution in [-0.4, -0.2) is 56.1 Å². The number of rotatable bonds is 3. The zero-order valence-electron chi connectivity index (χ0n) is 20.1. The van der Waals surface area contributed by atoms with Gasteiger partial charge in [-0.05, 0) is 63.3 Å². The molecule has 8 nitrogen and oxygen atoms in total. The van der Waals surface area contributed by atoms with Crippen molar-refractivity contribution >= 4 is 28.3 Å². The number of hydrogen-bond donors (Lipinski definition) is 2. The number of hydrogen-bond acceptors (Lipinski definition) is 5. The summed E-state index contributed by atoms with van der Waals surface area (Å²) in [6.07, 6.45) is 5.80. The van der Waals surface area contributed by atoms with Gasteiger partial charge in [-0.3, -0.25) is 4.79 Å². The Morgan fingerprint density at radius 2 is 2.03 bits per heavy atom. The first-order valence-corrected chi connectivity index (χ1v) is 12.4. The molecule has 2 atom stereocenters. The van der Waals surface area contributed by atoms with Crippen LogP contribution < -0.4 is 10.6 Å². The fourth-order valence-corrected chi connectivity index (χ4v) is 5.62. The molecule has 1 aromatic carbocycles. The fourth-order valence-electron chi connectivity index (χ4n) is 5.62. The Morgan fingerprint density at radius 1 is 1.17 bits per heavy atom. The number of amides is 1. The Hall–Kier alpha value is -3.46. The van der Waals surface area contributed by atoms with Crippen molar-refractivity contribution in [3.8, 4) is 0 Å². The number of fused-ring (bicyclic) bond motifs is 2. The fraction of sp³-hybridized carbons (Fsp3) is 0.423. The maximum absolute atomic E-state index is 13.8. The van der Waals surface area contributed by atoms with Crippen LogP contribution in [-0.2, 0) is 0 Å². The summed E-state index contributed by atoms with van der Waals surface area (Å²) in [5.74, 6) is 0.573. The molecule has 2 saturated heterocycles. The number of anilines is 1. The molecular formula is C26H30FN7O. The molecule has 5 heterocycles. The number of carbonyl (C=O) groups excluding carboxylic acids is 1. The average molecular weight is 476 g/mol. The normalized spacial score (nSPS) is 20.9. The summed E-state index contributed by atoms with van der Waals surface area (Å²) in [7, 11) is 0. The van der Waals surface area contributed by atoms with Gasteiger partial charge in [-0.2, -0.15) is 5.10 Å². The second-order valence-corrected chi connectivity index (χ2v) is 9.94. The van der Waals surface area contributed by atoms with Crippen molar-refractivity contribution in [2.45, 2.75) is 51.6 Å². The van der Waals surface area contributed by atoms with Crippen LogP contribution in [0.1, 0.15) is 59.0 Å². The van der Waals surface area contributed by atoms with Crippen LogP contribution in [0.2, 0.25) is 0 Å². The summed E-state index contributed by atoms with van der Waals surface area (Å²) in [5.41, 5.74) is 10.8. The maximum atomic E-state index is 13.8. The van der Waals surface area contributed by atoms with E-state index in [2.05, 4.69) is 9.88 Å². The first kappa shape index (κ1) is 22.0. The summed E-state index contributed by atoms with van der Waals surface area (Å²) < 4.78 is 15.6. The van der Waals surface area contributed by atoms with E-state index in [0.717, 1.165) is 78.0 Å². The zero-order valence-corrected chi connectivity index (χ0v) is 20.1. The molecule has 35 heavy (non-hydrogen) atoms. The Balaban J connectivity index is 1.34. The van der Waals surface area contributed by atoms with Crippen LogP contribution in [0.25, 0.3) is 16.6 Å². The van der Waals surface area contributed by atoms with Crippen LogP contribution in [0.3, 0.4) is 0 Å². The number of nitrogens with zero attached hydrogens (tertiary/aromatic N) is 5. The molecule has 3 N–H and O–H groups in total. The van der Waals surface area contributed by atoms with E-state index in [0.29, 0.717) is 12.2 Å². The molecule has 2 unspecified atom stereocenters.